The Morgan fingerprint density at radius 1 is 1.09 bits per heavy atom. The largest absolute Gasteiger partial charge is 0.329 e. The molecule has 1 heterocycles. The van der Waals surface area contributed by atoms with E-state index >= 15 is 0 Å². The molecule has 0 unspecified atom stereocenters. The Hall–Kier alpha value is -1.05. The highest BCUT2D eigenvalue weighted by Gasteiger charge is 1.69. The van der Waals surface area contributed by atoms with Gasteiger partial charge in [-0.2, -0.15) is 0 Å². The molecule has 0 radical (unpaired) electrons. The summed E-state index contributed by atoms with van der Waals surface area (Å²) in [6.45, 7) is 8.00. The van der Waals surface area contributed by atoms with Crippen LogP contribution in [0.1, 0.15) is 27.7 Å². The smallest absolute Gasteiger partial charge is 0.247 e. The topological polar surface area (TPSA) is 32.9 Å². The van der Waals surface area contributed by atoms with Gasteiger partial charge >= 0.3 is 0 Å². The molecule has 0 fully saturated rings. The molecule has 2 nitrogen and oxygen atoms in total. The van der Waals surface area contributed by atoms with Gasteiger partial charge in [0.25, 0.3) is 0 Å². The van der Waals surface area contributed by atoms with Crippen molar-refractivity contribution in [2.24, 2.45) is 0 Å². The minimum atomic E-state index is -0.0532. The van der Waals surface area contributed by atoms with E-state index in [-0.39, 0.29) is 5.56 Å². The second-order valence-corrected chi connectivity index (χ2v) is 1.23. The maximum atomic E-state index is 10.2. The third-order valence-corrected chi connectivity index (χ3v) is 0.681. The van der Waals surface area contributed by atoms with Crippen LogP contribution in [-0.4, -0.2) is 4.98 Å². The van der Waals surface area contributed by atoms with Crippen molar-refractivity contribution in [1.29, 1.82) is 0 Å². The zero-order valence-corrected chi connectivity index (χ0v) is 7.72. The van der Waals surface area contributed by atoms with E-state index in [9.17, 15) is 4.79 Å². The standard InChI is InChI=1S/C5H5NO.2C2H6/c7-5-3-1-2-4-6-5;2*1-2/h1-4H,(H,6,7);2*1-2H3. The highest BCUT2D eigenvalue weighted by Crippen LogP contribution is 1.67. The van der Waals surface area contributed by atoms with Crippen LogP contribution < -0.4 is 5.56 Å². The van der Waals surface area contributed by atoms with Crippen molar-refractivity contribution in [2.75, 3.05) is 0 Å². The normalized spacial score (nSPS) is 6.55. The van der Waals surface area contributed by atoms with Gasteiger partial charge in [0.15, 0.2) is 0 Å². The first kappa shape index (κ1) is 12.6. The van der Waals surface area contributed by atoms with Crippen molar-refractivity contribution in [3.05, 3.63) is 34.7 Å². The van der Waals surface area contributed by atoms with E-state index in [1.807, 2.05) is 27.7 Å². The van der Waals surface area contributed by atoms with E-state index in [0.29, 0.717) is 0 Å². The lowest BCUT2D eigenvalue weighted by molar-refractivity contribution is 1.24. The first-order chi connectivity index (χ1) is 5.39. The zero-order chi connectivity index (χ0) is 9.11. The van der Waals surface area contributed by atoms with Crippen molar-refractivity contribution in [1.82, 2.24) is 4.98 Å². The molecule has 1 rings (SSSR count). The van der Waals surface area contributed by atoms with Gasteiger partial charge in [-0.05, 0) is 6.07 Å². The Kier molecular flexibility index (Phi) is 13.4. The summed E-state index contributed by atoms with van der Waals surface area (Å²) in [5.41, 5.74) is -0.0532. The maximum absolute atomic E-state index is 10.2. The van der Waals surface area contributed by atoms with Gasteiger partial charge in [-0.3, -0.25) is 4.79 Å². The van der Waals surface area contributed by atoms with E-state index in [4.69, 9.17) is 0 Å². The van der Waals surface area contributed by atoms with Gasteiger partial charge in [0.2, 0.25) is 5.56 Å². The lowest BCUT2D eigenvalue weighted by atomic mass is 10.5. The first-order valence-electron chi connectivity index (χ1n) is 4.03. The predicted octanol–water partition coefficient (Wildman–Crippen LogP) is 2.43. The molecule has 0 amide bonds. The minimum Gasteiger partial charge on any atom is -0.329 e. The van der Waals surface area contributed by atoms with Crippen LogP contribution in [0.25, 0.3) is 0 Å². The number of pyridine rings is 1. The van der Waals surface area contributed by atoms with E-state index in [1.54, 1.807) is 18.3 Å². The molecule has 0 aliphatic rings. The van der Waals surface area contributed by atoms with Gasteiger partial charge in [-0.15, -0.1) is 0 Å². The Balaban J connectivity index is 0. The first-order valence-corrected chi connectivity index (χ1v) is 4.03. The van der Waals surface area contributed by atoms with E-state index < -0.39 is 0 Å². The molecular weight excluding hydrogens is 138 g/mol. The fourth-order valence-electron chi connectivity index (χ4n) is 0.377. The summed E-state index contributed by atoms with van der Waals surface area (Å²) in [6, 6.07) is 4.93. The van der Waals surface area contributed by atoms with Crippen LogP contribution in [0, 0.1) is 0 Å². The number of rotatable bonds is 0. The average molecular weight is 155 g/mol. The van der Waals surface area contributed by atoms with Crippen LogP contribution in [0.4, 0.5) is 0 Å². The van der Waals surface area contributed by atoms with Crippen molar-refractivity contribution < 1.29 is 0 Å². The summed E-state index contributed by atoms with van der Waals surface area (Å²) in [5.74, 6) is 0. The Morgan fingerprint density at radius 3 is 1.82 bits per heavy atom. The van der Waals surface area contributed by atoms with Crippen LogP contribution in [0.15, 0.2) is 29.2 Å². The molecule has 0 aliphatic heterocycles. The number of H-pyrrole nitrogens is 1. The van der Waals surface area contributed by atoms with Crippen molar-refractivity contribution in [2.45, 2.75) is 27.7 Å². The summed E-state index contributed by atoms with van der Waals surface area (Å²) in [6.07, 6.45) is 1.60. The fourth-order valence-corrected chi connectivity index (χ4v) is 0.377. The van der Waals surface area contributed by atoms with Crippen LogP contribution >= 0.6 is 0 Å². The molecule has 1 N–H and O–H groups in total. The number of hydrogen-bond acceptors (Lipinski definition) is 1. The molecule has 1 aromatic heterocycles. The molecule has 0 saturated carbocycles. The third-order valence-electron chi connectivity index (χ3n) is 0.681. The molecule has 0 saturated heterocycles. The maximum Gasteiger partial charge on any atom is 0.247 e. The van der Waals surface area contributed by atoms with Crippen molar-refractivity contribution in [3.63, 3.8) is 0 Å². The summed E-state index contributed by atoms with van der Waals surface area (Å²) in [5, 5.41) is 0. The molecule has 0 bridgehead atoms. The fraction of sp³-hybridized carbons (Fsp3) is 0.444. The minimum absolute atomic E-state index is 0.0532. The molecule has 0 atom stereocenters. The van der Waals surface area contributed by atoms with E-state index in [2.05, 4.69) is 4.98 Å². The lowest BCUT2D eigenvalue weighted by Gasteiger charge is -1.73. The summed E-state index contributed by atoms with van der Waals surface area (Å²) in [7, 11) is 0. The van der Waals surface area contributed by atoms with Crippen LogP contribution in [0.3, 0.4) is 0 Å². The molecule has 1 aromatic rings. The van der Waals surface area contributed by atoms with Gasteiger partial charge < -0.3 is 4.98 Å². The molecule has 2 heteroatoms. The Bertz CT molecular complexity index is 175. The van der Waals surface area contributed by atoms with Gasteiger partial charge in [0.05, 0.1) is 0 Å². The molecular formula is C9H17NO. The number of nitrogens with one attached hydrogen (secondary N) is 1. The second-order valence-electron chi connectivity index (χ2n) is 1.23. The third kappa shape index (κ3) is 8.95. The highest BCUT2D eigenvalue weighted by atomic mass is 16.1. The van der Waals surface area contributed by atoms with Gasteiger partial charge in [0, 0.05) is 12.3 Å². The van der Waals surface area contributed by atoms with Gasteiger partial charge in [0.1, 0.15) is 0 Å². The summed E-state index contributed by atoms with van der Waals surface area (Å²) in [4.78, 5) is 12.7. The molecule has 0 aliphatic carbocycles. The molecule has 11 heavy (non-hydrogen) atoms. The Labute approximate surface area is 68.3 Å². The van der Waals surface area contributed by atoms with E-state index in [0.717, 1.165) is 0 Å². The molecule has 0 spiro atoms. The number of aromatic amines is 1. The van der Waals surface area contributed by atoms with Gasteiger partial charge in [-0.25, -0.2) is 0 Å². The zero-order valence-electron chi connectivity index (χ0n) is 7.72. The van der Waals surface area contributed by atoms with Gasteiger partial charge in [-0.1, -0.05) is 33.8 Å². The van der Waals surface area contributed by atoms with Crippen molar-refractivity contribution >= 4 is 0 Å². The number of hydrogen-bond donors (Lipinski definition) is 1. The quantitative estimate of drug-likeness (QED) is 0.613. The SMILES string of the molecule is CC.CC.O=c1cccc[nH]1. The number of aromatic nitrogens is 1. The average Bonchev–Trinajstić information content (AvgIpc) is 2.13. The summed E-state index contributed by atoms with van der Waals surface area (Å²) >= 11 is 0. The summed E-state index contributed by atoms with van der Waals surface area (Å²) < 4.78 is 0. The Morgan fingerprint density at radius 2 is 1.64 bits per heavy atom. The van der Waals surface area contributed by atoms with Crippen LogP contribution in [0.5, 0.6) is 0 Å². The lowest BCUT2D eigenvalue weighted by Crippen LogP contribution is -1.98. The highest BCUT2D eigenvalue weighted by molar-refractivity contribution is 4.89. The van der Waals surface area contributed by atoms with Crippen LogP contribution in [0.2, 0.25) is 0 Å². The predicted molar refractivity (Wildman–Crippen MR) is 49.8 cm³/mol. The van der Waals surface area contributed by atoms with E-state index in [1.165, 1.54) is 6.07 Å². The molecule has 64 valence electrons. The monoisotopic (exact) mass is 155 g/mol. The molecule has 0 aromatic carbocycles. The van der Waals surface area contributed by atoms with Crippen LogP contribution in [-0.2, 0) is 0 Å². The second kappa shape index (κ2) is 11.7. The van der Waals surface area contributed by atoms with Crippen molar-refractivity contribution in [3.8, 4) is 0 Å².